The summed E-state index contributed by atoms with van der Waals surface area (Å²) in [5.41, 5.74) is 0. The molecule has 1 atom stereocenters. The third kappa shape index (κ3) is 3.52. The molecule has 7 heteroatoms. The van der Waals surface area contributed by atoms with Crippen molar-refractivity contribution in [3.05, 3.63) is 36.0 Å². The van der Waals surface area contributed by atoms with E-state index in [0.29, 0.717) is 43.2 Å². The van der Waals surface area contributed by atoms with Crippen LogP contribution in [0.5, 0.6) is 11.5 Å². The first-order chi connectivity index (χ1) is 11.9. The number of hydrogen-bond acceptors (Lipinski definition) is 7. The minimum absolute atomic E-state index is 0.334. The molecule has 3 heterocycles. The topological polar surface area (TPSA) is 78.6 Å². The fraction of sp³-hybridized carbons (Fsp3) is 0.529. The van der Waals surface area contributed by atoms with Crippen LogP contribution in [0.3, 0.4) is 0 Å². The lowest BCUT2D eigenvalue weighted by molar-refractivity contribution is 0.0322. The average molecular weight is 331 g/mol. The van der Waals surface area contributed by atoms with Gasteiger partial charge in [-0.3, -0.25) is 0 Å². The van der Waals surface area contributed by atoms with E-state index in [-0.39, 0.29) is 6.10 Å². The first-order valence-electron chi connectivity index (χ1n) is 8.42. The predicted molar refractivity (Wildman–Crippen MR) is 85.2 cm³/mol. The zero-order valence-corrected chi connectivity index (χ0v) is 13.4. The molecule has 0 radical (unpaired) electrons. The van der Waals surface area contributed by atoms with Crippen molar-refractivity contribution in [2.45, 2.75) is 31.5 Å². The molecule has 1 unspecified atom stereocenters. The van der Waals surface area contributed by atoms with Gasteiger partial charge in [0.25, 0.3) is 0 Å². The van der Waals surface area contributed by atoms with Crippen molar-refractivity contribution in [1.29, 1.82) is 0 Å². The fourth-order valence-corrected chi connectivity index (χ4v) is 2.92. The molecule has 4 rings (SSSR count). The largest absolute Gasteiger partial charge is 0.485 e. The number of ether oxygens (including phenoxy) is 3. The number of para-hydroxylation sites is 2. The van der Waals surface area contributed by atoms with E-state index in [1.54, 1.807) is 0 Å². The van der Waals surface area contributed by atoms with Crippen LogP contribution in [0.1, 0.15) is 30.7 Å². The Morgan fingerprint density at radius 2 is 2.00 bits per heavy atom. The van der Waals surface area contributed by atoms with Crippen LogP contribution in [0.15, 0.2) is 28.8 Å². The average Bonchev–Trinajstić information content (AvgIpc) is 3.11. The van der Waals surface area contributed by atoms with Gasteiger partial charge < -0.3 is 24.1 Å². The molecule has 2 aliphatic heterocycles. The predicted octanol–water partition coefficient (Wildman–Crippen LogP) is 1.89. The molecule has 2 aliphatic rings. The summed E-state index contributed by atoms with van der Waals surface area (Å²) in [6.07, 6.45) is 2.72. The molecule has 1 aromatic heterocycles. The second-order valence-corrected chi connectivity index (χ2v) is 5.98. The maximum absolute atomic E-state index is 5.88. The molecular weight excluding hydrogens is 310 g/mol. The molecule has 0 saturated carbocycles. The molecule has 0 bridgehead atoms. The smallest absolute Gasteiger partial charge is 0.229 e. The van der Waals surface area contributed by atoms with Gasteiger partial charge in [-0.05, 0) is 38.1 Å². The lowest BCUT2D eigenvalue weighted by Gasteiger charge is -2.24. The van der Waals surface area contributed by atoms with Crippen molar-refractivity contribution in [1.82, 2.24) is 15.5 Å². The van der Waals surface area contributed by atoms with Crippen LogP contribution in [0.4, 0.5) is 0 Å². The molecule has 2 aromatic rings. The summed E-state index contributed by atoms with van der Waals surface area (Å²) < 4.78 is 22.7. The van der Waals surface area contributed by atoms with Gasteiger partial charge >= 0.3 is 0 Å². The summed E-state index contributed by atoms with van der Waals surface area (Å²) in [6.45, 7) is 3.02. The van der Waals surface area contributed by atoms with Crippen LogP contribution in [0.2, 0.25) is 0 Å². The normalized spacial score (nSPS) is 20.9. The Bertz CT molecular complexity index is 669. The lowest BCUT2D eigenvalue weighted by atomic mass is 10.1. The molecule has 1 fully saturated rings. The van der Waals surface area contributed by atoms with E-state index in [1.807, 2.05) is 24.3 Å². The number of nitrogens with zero attached hydrogens (tertiary/aromatic N) is 2. The summed E-state index contributed by atoms with van der Waals surface area (Å²) in [7, 11) is 0. The van der Waals surface area contributed by atoms with Crippen LogP contribution in [-0.4, -0.2) is 42.5 Å². The van der Waals surface area contributed by atoms with Gasteiger partial charge in [0.2, 0.25) is 11.7 Å². The first-order valence-corrected chi connectivity index (χ1v) is 8.42. The molecule has 0 spiro atoms. The monoisotopic (exact) mass is 331 g/mol. The summed E-state index contributed by atoms with van der Waals surface area (Å²) in [5.74, 6) is 2.53. The van der Waals surface area contributed by atoms with Crippen LogP contribution >= 0.6 is 0 Å². The van der Waals surface area contributed by atoms with E-state index < -0.39 is 0 Å². The van der Waals surface area contributed by atoms with Crippen molar-refractivity contribution in [2.75, 3.05) is 26.3 Å². The highest BCUT2D eigenvalue weighted by Crippen LogP contribution is 2.35. The van der Waals surface area contributed by atoms with Gasteiger partial charge in [0, 0.05) is 0 Å². The van der Waals surface area contributed by atoms with Crippen LogP contribution < -0.4 is 14.8 Å². The van der Waals surface area contributed by atoms with Crippen molar-refractivity contribution in [3.63, 3.8) is 0 Å². The Kier molecular flexibility index (Phi) is 4.62. The maximum atomic E-state index is 5.88. The van der Waals surface area contributed by atoms with Gasteiger partial charge in [0.15, 0.2) is 17.6 Å². The highest BCUT2D eigenvalue weighted by Gasteiger charge is 2.26. The Morgan fingerprint density at radius 3 is 2.88 bits per heavy atom. The molecule has 128 valence electrons. The zero-order chi connectivity index (χ0) is 16.2. The molecule has 1 saturated heterocycles. The van der Waals surface area contributed by atoms with Gasteiger partial charge in [-0.25, -0.2) is 0 Å². The molecular formula is C17H21N3O4. The van der Waals surface area contributed by atoms with E-state index in [4.69, 9.17) is 18.7 Å². The quantitative estimate of drug-likeness (QED) is 0.896. The summed E-state index contributed by atoms with van der Waals surface area (Å²) in [6, 6.07) is 7.57. The third-order valence-corrected chi connectivity index (χ3v) is 4.24. The Hall–Kier alpha value is -2.12. The van der Waals surface area contributed by atoms with E-state index in [0.717, 1.165) is 31.7 Å². The number of rotatable bonds is 5. The number of hydrogen-bond donors (Lipinski definition) is 1. The number of fused-ring (bicyclic) bond motifs is 1. The van der Waals surface area contributed by atoms with Crippen molar-refractivity contribution < 1.29 is 18.7 Å². The zero-order valence-electron chi connectivity index (χ0n) is 13.4. The number of nitrogens with one attached hydrogen (secondary N) is 1. The number of piperidine rings is 1. The van der Waals surface area contributed by atoms with Gasteiger partial charge in [-0.2, -0.15) is 4.98 Å². The van der Waals surface area contributed by atoms with Crippen LogP contribution in [0, 0.1) is 0 Å². The van der Waals surface area contributed by atoms with Gasteiger partial charge in [-0.15, -0.1) is 0 Å². The van der Waals surface area contributed by atoms with Crippen molar-refractivity contribution in [3.8, 4) is 11.5 Å². The molecule has 1 aromatic carbocycles. The van der Waals surface area contributed by atoms with E-state index >= 15 is 0 Å². The summed E-state index contributed by atoms with van der Waals surface area (Å²) in [4.78, 5) is 4.41. The SMILES string of the molecule is c1ccc2c(c1)OCC(c1noc(CCOC3CCNCC3)n1)O2. The molecule has 1 N–H and O–H groups in total. The first kappa shape index (κ1) is 15.4. The summed E-state index contributed by atoms with van der Waals surface area (Å²) >= 11 is 0. The standard InChI is InChI=1S/C17H21N3O4/c1-2-4-14-13(3-1)22-11-15(23-14)17-19-16(24-20-17)7-10-21-12-5-8-18-9-6-12/h1-4,12,15,18H,5-11H2. The van der Waals surface area contributed by atoms with Gasteiger partial charge in [0.1, 0.15) is 6.61 Å². The minimum Gasteiger partial charge on any atom is -0.485 e. The Labute approximate surface area is 140 Å². The van der Waals surface area contributed by atoms with Crippen molar-refractivity contribution in [2.24, 2.45) is 0 Å². The van der Waals surface area contributed by atoms with E-state index in [1.165, 1.54) is 0 Å². The second-order valence-electron chi connectivity index (χ2n) is 5.98. The van der Waals surface area contributed by atoms with Crippen LogP contribution in [-0.2, 0) is 11.2 Å². The third-order valence-electron chi connectivity index (χ3n) is 4.24. The Morgan fingerprint density at radius 1 is 1.17 bits per heavy atom. The highest BCUT2D eigenvalue weighted by atomic mass is 16.6. The molecule has 24 heavy (non-hydrogen) atoms. The number of benzene rings is 1. The van der Waals surface area contributed by atoms with E-state index in [2.05, 4.69) is 15.5 Å². The molecule has 0 amide bonds. The fourth-order valence-electron chi connectivity index (χ4n) is 2.92. The van der Waals surface area contributed by atoms with E-state index in [9.17, 15) is 0 Å². The minimum atomic E-state index is -0.345. The number of aromatic nitrogens is 2. The Balaban J connectivity index is 1.30. The van der Waals surface area contributed by atoms with Crippen molar-refractivity contribution >= 4 is 0 Å². The van der Waals surface area contributed by atoms with Gasteiger partial charge in [0.05, 0.1) is 19.1 Å². The second kappa shape index (κ2) is 7.19. The lowest BCUT2D eigenvalue weighted by Crippen LogP contribution is -2.32. The molecule has 7 nitrogen and oxygen atoms in total. The maximum Gasteiger partial charge on any atom is 0.229 e. The molecule has 0 aliphatic carbocycles. The van der Waals surface area contributed by atoms with Gasteiger partial charge in [-0.1, -0.05) is 17.3 Å². The van der Waals surface area contributed by atoms with Crippen LogP contribution in [0.25, 0.3) is 0 Å². The summed E-state index contributed by atoms with van der Waals surface area (Å²) in [5, 5.41) is 7.34. The highest BCUT2D eigenvalue weighted by molar-refractivity contribution is 5.40.